The molecule has 6 nitrogen and oxygen atoms in total. The molecule has 0 unspecified atom stereocenters. The fraction of sp³-hybridized carbons (Fsp3) is 0.389. The summed E-state index contributed by atoms with van der Waals surface area (Å²) in [4.78, 5) is 16.6. The molecule has 0 aliphatic carbocycles. The number of hydrogen-bond donors (Lipinski definition) is 0. The zero-order valence-corrected chi connectivity index (χ0v) is 16.0. The maximum atomic E-state index is 12.7. The first kappa shape index (κ1) is 17.7. The molecule has 0 N–H and O–H groups in total. The summed E-state index contributed by atoms with van der Waals surface area (Å²) < 4.78 is 27.0. The molecule has 3 heterocycles. The Hall–Kier alpha value is -1.74. The van der Waals surface area contributed by atoms with E-state index in [-0.39, 0.29) is 5.91 Å². The lowest BCUT2D eigenvalue weighted by atomic mass is 10.2. The zero-order valence-electron chi connectivity index (χ0n) is 14.4. The first-order valence-corrected chi connectivity index (χ1v) is 11.0. The van der Waals surface area contributed by atoms with Crippen LogP contribution in [0.2, 0.25) is 0 Å². The van der Waals surface area contributed by atoms with Gasteiger partial charge in [0.1, 0.15) is 4.21 Å². The van der Waals surface area contributed by atoms with Crippen LogP contribution in [0.4, 0.5) is 5.69 Å². The predicted octanol–water partition coefficient (Wildman–Crippen LogP) is 1.64. The first-order chi connectivity index (χ1) is 12.6. The van der Waals surface area contributed by atoms with Crippen molar-refractivity contribution < 1.29 is 13.2 Å². The van der Waals surface area contributed by atoms with Crippen LogP contribution in [0.25, 0.3) is 0 Å². The molecular formula is C18H21N3O3S2. The molecule has 1 amide bonds. The van der Waals surface area contributed by atoms with Crippen molar-refractivity contribution in [2.75, 3.05) is 44.2 Å². The Morgan fingerprint density at radius 2 is 1.77 bits per heavy atom. The van der Waals surface area contributed by atoms with Crippen LogP contribution in [0.3, 0.4) is 0 Å². The summed E-state index contributed by atoms with van der Waals surface area (Å²) in [6.45, 7) is 3.05. The summed E-state index contributed by atoms with van der Waals surface area (Å²) in [7, 11) is -3.40. The smallest absolute Gasteiger partial charge is 0.252 e. The summed E-state index contributed by atoms with van der Waals surface area (Å²) in [5.41, 5.74) is 2.23. The van der Waals surface area contributed by atoms with Gasteiger partial charge in [-0.1, -0.05) is 24.3 Å². The van der Waals surface area contributed by atoms with Crippen LogP contribution >= 0.6 is 11.3 Å². The molecule has 1 aromatic heterocycles. The molecule has 1 saturated heterocycles. The van der Waals surface area contributed by atoms with Gasteiger partial charge in [0, 0.05) is 38.4 Å². The molecule has 2 aliphatic heterocycles. The van der Waals surface area contributed by atoms with Gasteiger partial charge >= 0.3 is 0 Å². The van der Waals surface area contributed by atoms with E-state index in [0.29, 0.717) is 36.9 Å². The van der Waals surface area contributed by atoms with Gasteiger partial charge in [-0.25, -0.2) is 8.42 Å². The summed E-state index contributed by atoms with van der Waals surface area (Å²) >= 11 is 1.24. The Morgan fingerprint density at radius 3 is 2.50 bits per heavy atom. The monoisotopic (exact) mass is 391 g/mol. The van der Waals surface area contributed by atoms with Crippen LogP contribution < -0.4 is 4.90 Å². The largest absolute Gasteiger partial charge is 0.311 e. The zero-order chi connectivity index (χ0) is 18.1. The highest BCUT2D eigenvalue weighted by atomic mass is 32.2. The van der Waals surface area contributed by atoms with Gasteiger partial charge in [-0.05, 0) is 29.5 Å². The van der Waals surface area contributed by atoms with E-state index in [0.717, 1.165) is 18.7 Å². The van der Waals surface area contributed by atoms with Gasteiger partial charge in [0.15, 0.2) is 0 Å². The number of nitrogens with zero attached hydrogens (tertiary/aromatic N) is 3. The van der Waals surface area contributed by atoms with Gasteiger partial charge in [-0.15, -0.1) is 11.3 Å². The third kappa shape index (κ3) is 3.29. The maximum Gasteiger partial charge on any atom is 0.252 e. The van der Waals surface area contributed by atoms with Crippen molar-refractivity contribution in [1.82, 2.24) is 9.21 Å². The average molecular weight is 392 g/mol. The summed E-state index contributed by atoms with van der Waals surface area (Å²) in [5.74, 6) is 0.0875. The summed E-state index contributed by atoms with van der Waals surface area (Å²) in [5, 5.41) is 1.77. The molecule has 0 spiro atoms. The van der Waals surface area contributed by atoms with E-state index in [1.807, 2.05) is 28.0 Å². The third-order valence-corrected chi connectivity index (χ3v) is 8.24. The molecule has 1 fully saturated rings. The Bertz CT molecular complexity index is 888. The Balaban J connectivity index is 1.35. The quantitative estimate of drug-likeness (QED) is 0.795. The SMILES string of the molecule is O=C(CN1CCN(S(=O)(=O)c2cccs2)CC1)N1CCc2ccccc21. The van der Waals surface area contributed by atoms with Crippen LogP contribution in [0.5, 0.6) is 0 Å². The number of thiophene rings is 1. The normalized spacial score (nSPS) is 18.8. The highest BCUT2D eigenvalue weighted by molar-refractivity contribution is 7.91. The minimum Gasteiger partial charge on any atom is -0.311 e. The molecule has 2 aliphatic rings. The summed E-state index contributed by atoms with van der Waals surface area (Å²) in [6, 6.07) is 11.4. The van der Waals surface area contributed by atoms with E-state index in [1.165, 1.54) is 21.2 Å². The second kappa shape index (κ2) is 7.11. The fourth-order valence-electron chi connectivity index (χ4n) is 3.54. The third-order valence-electron chi connectivity index (χ3n) is 4.97. The number of amides is 1. The number of benzene rings is 1. The van der Waals surface area contributed by atoms with Crippen molar-refractivity contribution >= 4 is 33.0 Å². The number of piperazine rings is 1. The minimum atomic E-state index is -3.40. The van der Waals surface area contributed by atoms with Crippen LogP contribution in [0.15, 0.2) is 46.0 Å². The predicted molar refractivity (Wildman–Crippen MR) is 102 cm³/mol. The van der Waals surface area contributed by atoms with E-state index < -0.39 is 10.0 Å². The Kier molecular flexibility index (Phi) is 4.83. The fourth-order valence-corrected chi connectivity index (χ4v) is 6.11. The minimum absolute atomic E-state index is 0.0875. The molecule has 0 saturated carbocycles. The van der Waals surface area contributed by atoms with Crippen molar-refractivity contribution in [3.8, 4) is 0 Å². The van der Waals surface area contributed by atoms with E-state index >= 15 is 0 Å². The van der Waals surface area contributed by atoms with Crippen molar-refractivity contribution in [3.63, 3.8) is 0 Å². The van der Waals surface area contributed by atoms with Crippen molar-refractivity contribution in [2.24, 2.45) is 0 Å². The van der Waals surface area contributed by atoms with Gasteiger partial charge in [-0.2, -0.15) is 4.31 Å². The van der Waals surface area contributed by atoms with E-state index in [2.05, 4.69) is 6.07 Å². The molecule has 8 heteroatoms. The lowest BCUT2D eigenvalue weighted by molar-refractivity contribution is -0.119. The number of fused-ring (bicyclic) bond motifs is 1. The van der Waals surface area contributed by atoms with Crippen molar-refractivity contribution in [1.29, 1.82) is 0 Å². The molecule has 2 aromatic rings. The van der Waals surface area contributed by atoms with Crippen LogP contribution in [0, 0.1) is 0 Å². The number of para-hydroxylation sites is 1. The van der Waals surface area contributed by atoms with Gasteiger partial charge in [0.05, 0.1) is 6.54 Å². The Morgan fingerprint density at radius 1 is 1.00 bits per heavy atom. The van der Waals surface area contributed by atoms with Gasteiger partial charge in [0.25, 0.3) is 10.0 Å². The summed E-state index contributed by atoms with van der Waals surface area (Å²) in [6.07, 6.45) is 0.898. The van der Waals surface area contributed by atoms with Crippen LogP contribution in [0.1, 0.15) is 5.56 Å². The molecular weight excluding hydrogens is 370 g/mol. The standard InChI is InChI=1S/C18H21N3O3S2/c22-17(21-8-7-15-4-1-2-5-16(15)21)14-19-9-11-20(12-10-19)26(23,24)18-6-3-13-25-18/h1-6,13H,7-12,14H2. The van der Waals surface area contributed by atoms with Crippen molar-refractivity contribution in [2.45, 2.75) is 10.6 Å². The van der Waals surface area contributed by atoms with Gasteiger partial charge in [-0.3, -0.25) is 9.69 Å². The van der Waals surface area contributed by atoms with E-state index in [1.54, 1.807) is 17.5 Å². The van der Waals surface area contributed by atoms with Gasteiger partial charge in [0.2, 0.25) is 5.91 Å². The number of anilines is 1. The topological polar surface area (TPSA) is 60.9 Å². The number of sulfonamides is 1. The molecule has 26 heavy (non-hydrogen) atoms. The molecule has 0 atom stereocenters. The van der Waals surface area contributed by atoms with E-state index in [9.17, 15) is 13.2 Å². The molecule has 4 rings (SSSR count). The van der Waals surface area contributed by atoms with Crippen molar-refractivity contribution in [3.05, 3.63) is 47.3 Å². The molecule has 0 radical (unpaired) electrons. The second-order valence-electron chi connectivity index (χ2n) is 6.54. The highest BCUT2D eigenvalue weighted by Gasteiger charge is 2.31. The number of rotatable bonds is 4. The Labute approximate surface area is 157 Å². The second-order valence-corrected chi connectivity index (χ2v) is 9.65. The molecule has 0 bridgehead atoms. The van der Waals surface area contributed by atoms with E-state index in [4.69, 9.17) is 0 Å². The van der Waals surface area contributed by atoms with Gasteiger partial charge < -0.3 is 4.90 Å². The average Bonchev–Trinajstić information content (AvgIpc) is 3.32. The number of carbonyl (C=O) groups excluding carboxylic acids is 1. The number of carbonyl (C=O) groups is 1. The maximum absolute atomic E-state index is 12.7. The molecule has 1 aromatic carbocycles. The number of hydrogen-bond acceptors (Lipinski definition) is 5. The lowest BCUT2D eigenvalue weighted by Gasteiger charge is -2.34. The highest BCUT2D eigenvalue weighted by Crippen LogP contribution is 2.27. The van der Waals surface area contributed by atoms with Crippen LogP contribution in [-0.2, 0) is 21.2 Å². The van der Waals surface area contributed by atoms with Crippen LogP contribution in [-0.4, -0.2) is 62.8 Å². The first-order valence-electron chi connectivity index (χ1n) is 8.70. The lowest BCUT2D eigenvalue weighted by Crippen LogP contribution is -2.51. The molecule has 138 valence electrons.